The van der Waals surface area contributed by atoms with Gasteiger partial charge in [0.1, 0.15) is 16.5 Å². The van der Waals surface area contributed by atoms with Crippen molar-refractivity contribution in [3.63, 3.8) is 0 Å². The number of carboxylic acids is 1. The minimum atomic E-state index is -1.05. The van der Waals surface area contributed by atoms with Crippen LogP contribution < -0.4 is 0 Å². The van der Waals surface area contributed by atoms with E-state index < -0.39 is 10.9 Å². The molecule has 1 aromatic heterocycles. The molecule has 0 saturated carbocycles. The van der Waals surface area contributed by atoms with E-state index in [1.807, 2.05) is 6.07 Å². The molecule has 2 aromatic carbocycles. The molecule has 0 aliphatic heterocycles. The maximum atomic E-state index is 11.0. The smallest absolute Gasteiger partial charge is 0.335 e. The summed E-state index contributed by atoms with van der Waals surface area (Å²) in [6, 6.07) is 15.5. The van der Waals surface area contributed by atoms with Crippen LogP contribution in [0.25, 0.3) is 23.0 Å². The Balaban J connectivity index is 1.92. The topological polar surface area (TPSA) is 117 Å². The lowest BCUT2D eigenvalue weighted by Crippen LogP contribution is -1.95. The number of nitrogens with zero attached hydrogens (tertiary/aromatic N) is 2. The molecule has 138 valence electrons. The molecule has 3 aromatic rings. The Morgan fingerprint density at radius 2 is 1.82 bits per heavy atom. The second-order valence-corrected chi connectivity index (χ2v) is 6.08. The molecule has 0 aliphatic carbocycles. The van der Waals surface area contributed by atoms with Crippen LogP contribution in [-0.2, 0) is 0 Å². The van der Waals surface area contributed by atoms with E-state index in [1.54, 1.807) is 18.2 Å². The summed E-state index contributed by atoms with van der Waals surface area (Å²) < 4.78 is 5.67. The first-order chi connectivity index (χ1) is 13.4. The fourth-order valence-corrected chi connectivity index (χ4v) is 2.69. The highest BCUT2D eigenvalue weighted by molar-refractivity contribution is 6.32. The summed E-state index contributed by atoms with van der Waals surface area (Å²) in [6.45, 7) is 0. The highest BCUT2D eigenvalue weighted by Gasteiger charge is 2.15. The quantitative estimate of drug-likeness (QED) is 0.357. The lowest BCUT2D eigenvalue weighted by atomic mass is 10.0. The molecule has 0 atom stereocenters. The van der Waals surface area contributed by atoms with Crippen LogP contribution in [0.4, 0.5) is 5.69 Å². The van der Waals surface area contributed by atoms with E-state index >= 15 is 0 Å². The van der Waals surface area contributed by atoms with Crippen molar-refractivity contribution in [2.75, 3.05) is 0 Å². The Morgan fingerprint density at radius 1 is 1.14 bits per heavy atom. The Labute approximate surface area is 163 Å². The van der Waals surface area contributed by atoms with Gasteiger partial charge in [-0.05, 0) is 48.0 Å². The van der Waals surface area contributed by atoms with Crippen molar-refractivity contribution >= 4 is 34.9 Å². The number of hydrogen-bond acceptors (Lipinski definition) is 5. The lowest BCUT2D eigenvalue weighted by molar-refractivity contribution is -0.384. The fraction of sp³-hybridized carbons (Fsp3) is 0. The third kappa shape index (κ3) is 3.92. The average Bonchev–Trinajstić information content (AvgIpc) is 3.15. The van der Waals surface area contributed by atoms with Gasteiger partial charge < -0.3 is 9.52 Å². The highest BCUT2D eigenvalue weighted by atomic mass is 35.5. The van der Waals surface area contributed by atoms with Gasteiger partial charge in [-0.1, -0.05) is 23.7 Å². The minimum absolute atomic E-state index is 0.0250. The van der Waals surface area contributed by atoms with E-state index in [2.05, 4.69) is 0 Å². The van der Waals surface area contributed by atoms with Gasteiger partial charge in [-0.3, -0.25) is 10.1 Å². The fourth-order valence-electron chi connectivity index (χ4n) is 2.51. The Bertz CT molecular complexity index is 1140. The van der Waals surface area contributed by atoms with Crippen LogP contribution in [0.2, 0.25) is 5.02 Å². The zero-order valence-electron chi connectivity index (χ0n) is 14.1. The normalized spacial score (nSPS) is 11.1. The number of furan rings is 1. The molecule has 0 amide bonds. The predicted octanol–water partition coefficient (Wildman–Crippen LogP) is 5.27. The van der Waals surface area contributed by atoms with Crippen LogP contribution in [0.1, 0.15) is 21.7 Å². The molecule has 0 bridgehead atoms. The van der Waals surface area contributed by atoms with Crippen molar-refractivity contribution in [2.24, 2.45) is 0 Å². The summed E-state index contributed by atoms with van der Waals surface area (Å²) in [6.07, 6.45) is 1.50. The summed E-state index contributed by atoms with van der Waals surface area (Å²) >= 11 is 5.82. The summed E-state index contributed by atoms with van der Waals surface area (Å²) in [7, 11) is 0. The molecule has 7 nitrogen and oxygen atoms in total. The lowest BCUT2D eigenvalue weighted by Gasteiger charge is -2.01. The molecule has 0 aliphatic rings. The SMILES string of the molecule is N#CC(=Cc1ccc(-c2ccc(Cl)c([N+](=O)[O-])c2)o1)c1ccc(C(=O)O)cc1. The van der Waals surface area contributed by atoms with Gasteiger partial charge in [-0.25, -0.2) is 4.79 Å². The number of aromatic carboxylic acids is 1. The predicted molar refractivity (Wildman–Crippen MR) is 103 cm³/mol. The van der Waals surface area contributed by atoms with Crippen molar-refractivity contribution in [2.45, 2.75) is 0 Å². The second kappa shape index (κ2) is 7.78. The molecule has 8 heteroatoms. The molecule has 1 heterocycles. The van der Waals surface area contributed by atoms with Gasteiger partial charge in [-0.2, -0.15) is 5.26 Å². The van der Waals surface area contributed by atoms with Crippen LogP contribution in [0.5, 0.6) is 0 Å². The number of hydrogen-bond donors (Lipinski definition) is 1. The summed E-state index contributed by atoms with van der Waals surface area (Å²) in [4.78, 5) is 21.4. The number of benzene rings is 2. The average molecular weight is 395 g/mol. The zero-order chi connectivity index (χ0) is 20.3. The third-order valence-electron chi connectivity index (χ3n) is 3.90. The summed E-state index contributed by atoms with van der Waals surface area (Å²) in [5.74, 6) is -0.308. The highest BCUT2D eigenvalue weighted by Crippen LogP contribution is 2.32. The first-order valence-electron chi connectivity index (χ1n) is 7.88. The Morgan fingerprint density at radius 3 is 2.43 bits per heavy atom. The second-order valence-electron chi connectivity index (χ2n) is 5.68. The van der Waals surface area contributed by atoms with E-state index in [1.165, 1.54) is 42.5 Å². The first-order valence-corrected chi connectivity index (χ1v) is 8.26. The third-order valence-corrected chi connectivity index (χ3v) is 4.22. The van der Waals surface area contributed by atoms with Crippen LogP contribution in [0.3, 0.4) is 0 Å². The van der Waals surface area contributed by atoms with Gasteiger partial charge in [0.2, 0.25) is 0 Å². The number of rotatable bonds is 5. The first kappa shape index (κ1) is 18.9. The van der Waals surface area contributed by atoms with Crippen LogP contribution >= 0.6 is 11.6 Å². The summed E-state index contributed by atoms with van der Waals surface area (Å²) in [5, 5.41) is 29.4. The Kier molecular flexibility index (Phi) is 5.25. The van der Waals surface area contributed by atoms with Crippen molar-refractivity contribution in [3.05, 3.63) is 86.6 Å². The van der Waals surface area contributed by atoms with E-state index in [4.69, 9.17) is 21.1 Å². The molecule has 28 heavy (non-hydrogen) atoms. The van der Waals surface area contributed by atoms with Crippen LogP contribution in [-0.4, -0.2) is 16.0 Å². The molecule has 0 fully saturated rings. The number of carbonyl (C=O) groups is 1. The molecular weight excluding hydrogens is 384 g/mol. The van der Waals surface area contributed by atoms with Crippen molar-refractivity contribution in [1.82, 2.24) is 0 Å². The molecular formula is C20H11ClN2O5. The number of nitro groups is 1. The van der Waals surface area contributed by atoms with E-state index in [0.717, 1.165) is 0 Å². The van der Waals surface area contributed by atoms with E-state index in [-0.39, 0.29) is 21.8 Å². The van der Waals surface area contributed by atoms with Gasteiger partial charge in [0.05, 0.1) is 22.1 Å². The molecule has 1 N–H and O–H groups in total. The maximum absolute atomic E-state index is 11.0. The van der Waals surface area contributed by atoms with Crippen molar-refractivity contribution in [1.29, 1.82) is 5.26 Å². The molecule has 0 spiro atoms. The largest absolute Gasteiger partial charge is 0.478 e. The monoisotopic (exact) mass is 394 g/mol. The zero-order valence-corrected chi connectivity index (χ0v) is 14.9. The van der Waals surface area contributed by atoms with E-state index in [0.29, 0.717) is 22.6 Å². The number of allylic oxidation sites excluding steroid dienone is 1. The van der Waals surface area contributed by atoms with Crippen LogP contribution in [0.15, 0.2) is 59.0 Å². The molecule has 0 unspecified atom stereocenters. The van der Waals surface area contributed by atoms with Gasteiger partial charge in [-0.15, -0.1) is 0 Å². The van der Waals surface area contributed by atoms with Crippen molar-refractivity contribution < 1.29 is 19.2 Å². The minimum Gasteiger partial charge on any atom is -0.478 e. The van der Waals surface area contributed by atoms with Gasteiger partial charge in [0, 0.05) is 11.6 Å². The van der Waals surface area contributed by atoms with E-state index in [9.17, 15) is 20.2 Å². The standard InChI is InChI=1S/C20H11ClN2O5/c21-17-7-5-14(10-18(17)23(26)27)19-8-6-16(28-19)9-15(11-22)12-1-3-13(4-2-12)20(24)25/h1-10H,(H,24,25). The molecule has 3 rings (SSSR count). The maximum Gasteiger partial charge on any atom is 0.335 e. The number of carboxylic acid groups (broad SMARTS) is 1. The van der Waals surface area contributed by atoms with Gasteiger partial charge in [0.15, 0.2) is 0 Å². The van der Waals surface area contributed by atoms with Gasteiger partial charge >= 0.3 is 5.97 Å². The van der Waals surface area contributed by atoms with Gasteiger partial charge in [0.25, 0.3) is 5.69 Å². The number of nitro benzene ring substituents is 1. The van der Waals surface area contributed by atoms with Crippen molar-refractivity contribution in [3.8, 4) is 17.4 Å². The number of halogens is 1. The molecule has 0 saturated heterocycles. The number of nitriles is 1. The summed E-state index contributed by atoms with van der Waals surface area (Å²) in [5.41, 5.74) is 1.17. The Hall–Kier alpha value is -3.89. The molecule has 0 radical (unpaired) electrons. The van der Waals surface area contributed by atoms with Crippen LogP contribution in [0, 0.1) is 21.4 Å².